The Kier molecular flexibility index (Phi) is 3.74. The fourth-order valence-corrected chi connectivity index (χ4v) is 2.82. The molecule has 0 saturated heterocycles. The third-order valence-corrected chi connectivity index (χ3v) is 4.57. The Balaban J connectivity index is 2.12. The summed E-state index contributed by atoms with van der Waals surface area (Å²) in [5.41, 5.74) is 8.52. The molecular weight excluding hydrogens is 336 g/mol. The minimum atomic E-state index is -0.199. The molecule has 2 N–H and O–H groups in total. The predicted octanol–water partition coefficient (Wildman–Crippen LogP) is 4.70. The molecule has 1 heterocycles. The van der Waals surface area contributed by atoms with Gasteiger partial charge in [0.25, 0.3) is 0 Å². The van der Waals surface area contributed by atoms with E-state index in [2.05, 4.69) is 27.0 Å². The Labute approximate surface area is 130 Å². The number of nitrogens with two attached hydrogens (primary N) is 1. The van der Waals surface area contributed by atoms with Crippen LogP contribution in [0.15, 0.2) is 59.3 Å². The number of hydrogen-bond donors (Lipinski definition) is 1. The molecule has 3 rings (SSSR count). The van der Waals surface area contributed by atoms with E-state index < -0.39 is 0 Å². The second kappa shape index (κ2) is 5.52. The first-order valence-electron chi connectivity index (χ1n) is 6.20. The van der Waals surface area contributed by atoms with Crippen LogP contribution in [0.5, 0.6) is 0 Å². The van der Waals surface area contributed by atoms with Crippen LogP contribution in [-0.2, 0) is 0 Å². The number of hydrogen-bond acceptors (Lipinski definition) is 2. The van der Waals surface area contributed by atoms with Crippen LogP contribution in [0.3, 0.4) is 0 Å². The molecular formula is C16H12BrClN2. The van der Waals surface area contributed by atoms with Crippen molar-refractivity contribution in [1.82, 2.24) is 4.98 Å². The molecule has 0 radical (unpaired) electrons. The van der Waals surface area contributed by atoms with Crippen LogP contribution in [0.2, 0.25) is 5.02 Å². The molecule has 2 nitrogen and oxygen atoms in total. The molecule has 20 heavy (non-hydrogen) atoms. The lowest BCUT2D eigenvalue weighted by molar-refractivity contribution is 0.879. The lowest BCUT2D eigenvalue weighted by atomic mass is 9.95. The Bertz CT molecular complexity index is 768. The molecule has 0 saturated carbocycles. The van der Waals surface area contributed by atoms with E-state index >= 15 is 0 Å². The molecule has 0 aliphatic rings. The van der Waals surface area contributed by atoms with Gasteiger partial charge in [-0.15, -0.1) is 0 Å². The summed E-state index contributed by atoms with van der Waals surface area (Å²) in [5, 5.41) is 2.90. The van der Waals surface area contributed by atoms with Crippen molar-refractivity contribution in [3.8, 4) is 0 Å². The first kappa shape index (κ1) is 13.6. The minimum Gasteiger partial charge on any atom is -0.320 e. The van der Waals surface area contributed by atoms with Crippen molar-refractivity contribution in [3.05, 3.63) is 75.5 Å². The summed E-state index contributed by atoms with van der Waals surface area (Å²) >= 11 is 9.47. The SMILES string of the molecule is NC(c1ccc(Cl)c(Br)c1)c1cccc2cnccc12. The van der Waals surface area contributed by atoms with E-state index in [9.17, 15) is 0 Å². The molecule has 1 atom stereocenters. The number of nitrogens with zero attached hydrogens (tertiary/aromatic N) is 1. The van der Waals surface area contributed by atoms with Gasteiger partial charge in [0.1, 0.15) is 0 Å². The summed E-state index contributed by atoms with van der Waals surface area (Å²) in [4.78, 5) is 4.15. The van der Waals surface area contributed by atoms with Crippen LogP contribution in [0.25, 0.3) is 10.8 Å². The molecule has 2 aromatic carbocycles. The monoisotopic (exact) mass is 346 g/mol. The van der Waals surface area contributed by atoms with Gasteiger partial charge in [-0.2, -0.15) is 0 Å². The lowest BCUT2D eigenvalue weighted by Gasteiger charge is -2.15. The van der Waals surface area contributed by atoms with Gasteiger partial charge in [-0.3, -0.25) is 4.98 Å². The van der Waals surface area contributed by atoms with Gasteiger partial charge in [0.15, 0.2) is 0 Å². The number of pyridine rings is 1. The van der Waals surface area contributed by atoms with E-state index in [0.29, 0.717) is 5.02 Å². The predicted molar refractivity (Wildman–Crippen MR) is 86.9 cm³/mol. The van der Waals surface area contributed by atoms with E-state index in [0.717, 1.165) is 26.4 Å². The van der Waals surface area contributed by atoms with Crippen LogP contribution in [-0.4, -0.2) is 4.98 Å². The highest BCUT2D eigenvalue weighted by Gasteiger charge is 2.13. The van der Waals surface area contributed by atoms with Gasteiger partial charge in [0, 0.05) is 22.3 Å². The van der Waals surface area contributed by atoms with Gasteiger partial charge in [-0.05, 0) is 50.6 Å². The summed E-state index contributed by atoms with van der Waals surface area (Å²) in [6, 6.07) is 13.7. The number of fused-ring (bicyclic) bond motifs is 1. The first-order valence-corrected chi connectivity index (χ1v) is 7.37. The molecule has 0 aliphatic heterocycles. The average molecular weight is 348 g/mol. The standard InChI is InChI=1S/C16H12BrClN2/c17-14-8-10(4-5-15(14)18)16(19)13-3-1-2-11-9-20-7-6-12(11)13/h1-9,16H,19H2. The molecule has 0 spiro atoms. The third kappa shape index (κ3) is 2.44. The zero-order valence-corrected chi connectivity index (χ0v) is 12.9. The number of rotatable bonds is 2. The molecule has 4 heteroatoms. The Hall–Kier alpha value is -1.42. The summed E-state index contributed by atoms with van der Waals surface area (Å²) in [6.45, 7) is 0. The van der Waals surface area contributed by atoms with Crippen molar-refractivity contribution in [3.63, 3.8) is 0 Å². The van der Waals surface area contributed by atoms with Crippen LogP contribution in [0.4, 0.5) is 0 Å². The largest absolute Gasteiger partial charge is 0.320 e. The van der Waals surface area contributed by atoms with Crippen LogP contribution < -0.4 is 5.73 Å². The maximum Gasteiger partial charge on any atom is 0.0558 e. The van der Waals surface area contributed by atoms with Crippen molar-refractivity contribution < 1.29 is 0 Å². The quantitative estimate of drug-likeness (QED) is 0.730. The van der Waals surface area contributed by atoms with Gasteiger partial charge in [0.05, 0.1) is 11.1 Å². The number of halogens is 2. The van der Waals surface area contributed by atoms with E-state index in [-0.39, 0.29) is 6.04 Å². The zero-order valence-electron chi connectivity index (χ0n) is 10.6. The van der Waals surface area contributed by atoms with Gasteiger partial charge in [-0.25, -0.2) is 0 Å². The molecule has 100 valence electrons. The fourth-order valence-electron chi connectivity index (χ4n) is 2.30. The first-order chi connectivity index (χ1) is 9.66. The van der Waals surface area contributed by atoms with Gasteiger partial charge < -0.3 is 5.73 Å². The van der Waals surface area contributed by atoms with E-state index in [1.807, 2.05) is 42.6 Å². The lowest BCUT2D eigenvalue weighted by Crippen LogP contribution is -2.12. The van der Waals surface area contributed by atoms with Gasteiger partial charge >= 0.3 is 0 Å². The van der Waals surface area contributed by atoms with Crippen molar-refractivity contribution in [2.45, 2.75) is 6.04 Å². The third-order valence-electron chi connectivity index (χ3n) is 3.35. The topological polar surface area (TPSA) is 38.9 Å². The Morgan fingerprint density at radius 3 is 2.80 bits per heavy atom. The van der Waals surface area contributed by atoms with Crippen molar-refractivity contribution in [2.24, 2.45) is 5.73 Å². The van der Waals surface area contributed by atoms with E-state index in [1.54, 1.807) is 6.20 Å². The second-order valence-electron chi connectivity index (χ2n) is 4.60. The minimum absolute atomic E-state index is 0.199. The molecule has 0 amide bonds. The Morgan fingerprint density at radius 1 is 1.15 bits per heavy atom. The van der Waals surface area contributed by atoms with E-state index in [4.69, 9.17) is 17.3 Å². The van der Waals surface area contributed by atoms with Crippen LogP contribution in [0, 0.1) is 0 Å². The molecule has 1 unspecified atom stereocenters. The highest BCUT2D eigenvalue weighted by atomic mass is 79.9. The molecule has 0 aliphatic carbocycles. The summed E-state index contributed by atoms with van der Waals surface area (Å²) in [6.07, 6.45) is 3.64. The van der Waals surface area contributed by atoms with Crippen molar-refractivity contribution in [2.75, 3.05) is 0 Å². The normalized spacial score (nSPS) is 12.6. The molecule has 0 fully saturated rings. The summed E-state index contributed by atoms with van der Waals surface area (Å²) in [5.74, 6) is 0. The smallest absolute Gasteiger partial charge is 0.0558 e. The van der Waals surface area contributed by atoms with Crippen molar-refractivity contribution in [1.29, 1.82) is 0 Å². The van der Waals surface area contributed by atoms with Crippen LogP contribution in [0.1, 0.15) is 17.2 Å². The average Bonchev–Trinajstić information content (AvgIpc) is 2.49. The molecule has 0 bridgehead atoms. The maximum absolute atomic E-state index is 6.42. The zero-order chi connectivity index (χ0) is 14.1. The number of aromatic nitrogens is 1. The highest BCUT2D eigenvalue weighted by molar-refractivity contribution is 9.10. The second-order valence-corrected chi connectivity index (χ2v) is 5.86. The van der Waals surface area contributed by atoms with E-state index in [1.165, 1.54) is 0 Å². The van der Waals surface area contributed by atoms with Gasteiger partial charge in [0.2, 0.25) is 0 Å². The van der Waals surface area contributed by atoms with Crippen molar-refractivity contribution >= 4 is 38.3 Å². The number of benzene rings is 2. The Morgan fingerprint density at radius 2 is 2.00 bits per heavy atom. The fraction of sp³-hybridized carbons (Fsp3) is 0.0625. The molecule has 3 aromatic rings. The summed E-state index contributed by atoms with van der Waals surface area (Å²) < 4.78 is 0.856. The highest BCUT2D eigenvalue weighted by Crippen LogP contribution is 2.30. The summed E-state index contributed by atoms with van der Waals surface area (Å²) in [7, 11) is 0. The van der Waals surface area contributed by atoms with Gasteiger partial charge in [-0.1, -0.05) is 35.9 Å². The maximum atomic E-state index is 6.42. The molecule has 1 aromatic heterocycles. The van der Waals surface area contributed by atoms with Crippen LogP contribution >= 0.6 is 27.5 Å².